The molecule has 3 aromatic rings. The Morgan fingerprint density at radius 2 is 2.26 bits per heavy atom. The molecular formula is C22H22BrClFN4O2. The number of fused-ring (bicyclic) bond motifs is 3. The van der Waals surface area contributed by atoms with Gasteiger partial charge in [0.1, 0.15) is 17.1 Å². The lowest BCUT2D eigenvalue weighted by Crippen LogP contribution is -2.36. The van der Waals surface area contributed by atoms with Gasteiger partial charge in [-0.05, 0) is 55.6 Å². The van der Waals surface area contributed by atoms with E-state index in [-0.39, 0.29) is 22.6 Å². The number of aromatic amines is 1. The lowest BCUT2D eigenvalue weighted by Gasteiger charge is -2.22. The van der Waals surface area contributed by atoms with E-state index in [0.717, 1.165) is 41.5 Å². The van der Waals surface area contributed by atoms with Gasteiger partial charge in [-0.3, -0.25) is 0 Å². The summed E-state index contributed by atoms with van der Waals surface area (Å²) < 4.78 is 20.4. The van der Waals surface area contributed by atoms with E-state index in [0.29, 0.717) is 16.6 Å². The highest BCUT2D eigenvalue weighted by molar-refractivity contribution is 9.10. The Hall–Kier alpha value is -2.06. The number of anilines is 1. The Morgan fingerprint density at radius 3 is 3.00 bits per heavy atom. The molecule has 1 amide bonds. The number of hydrogen-bond donors (Lipinski definition) is 2. The highest BCUT2D eigenvalue weighted by Crippen LogP contribution is 2.55. The first-order valence-electron chi connectivity index (χ1n) is 10.2. The van der Waals surface area contributed by atoms with Gasteiger partial charge in [0.2, 0.25) is 0 Å². The summed E-state index contributed by atoms with van der Waals surface area (Å²) >= 11 is 9.97. The quantitative estimate of drug-likeness (QED) is 0.475. The van der Waals surface area contributed by atoms with Crippen molar-refractivity contribution in [1.29, 1.82) is 0 Å². The van der Waals surface area contributed by atoms with Gasteiger partial charge < -0.3 is 19.9 Å². The van der Waals surface area contributed by atoms with Crippen molar-refractivity contribution in [3.8, 4) is 0 Å². The fourth-order valence-electron chi connectivity index (χ4n) is 4.61. The summed E-state index contributed by atoms with van der Waals surface area (Å²) in [5.41, 5.74) is 1.67. The maximum atomic E-state index is 14.2. The highest BCUT2D eigenvalue weighted by atomic mass is 79.9. The number of rotatable bonds is 2. The number of carbonyl (C=O) groups is 1. The number of amides is 1. The average molecular weight is 509 g/mol. The van der Waals surface area contributed by atoms with Crippen molar-refractivity contribution in [1.82, 2.24) is 15.3 Å². The van der Waals surface area contributed by atoms with E-state index >= 15 is 0 Å². The van der Waals surface area contributed by atoms with E-state index in [2.05, 4.69) is 42.2 Å². The Kier molecular flexibility index (Phi) is 4.68. The number of halogens is 3. The van der Waals surface area contributed by atoms with Gasteiger partial charge in [0.15, 0.2) is 0 Å². The lowest BCUT2D eigenvalue weighted by atomic mass is 10.1. The maximum Gasteiger partial charge on any atom is 0.407 e. The van der Waals surface area contributed by atoms with Gasteiger partial charge in [-0.25, -0.2) is 14.2 Å². The van der Waals surface area contributed by atoms with Crippen LogP contribution in [0.25, 0.3) is 21.9 Å². The summed E-state index contributed by atoms with van der Waals surface area (Å²) in [4.78, 5) is 22.1. The van der Waals surface area contributed by atoms with Crippen molar-refractivity contribution in [3.05, 3.63) is 33.6 Å². The number of nitrogens with one attached hydrogen (secondary N) is 2. The van der Waals surface area contributed by atoms with Crippen molar-refractivity contribution in [2.24, 2.45) is 5.41 Å². The SMILES string of the molecule is CC(C)(C)OC(=O)NC1CC12CCN(c1c(Br)cnc3[nH]c4[c]cc(F)c(Cl)c4c13)C2. The van der Waals surface area contributed by atoms with E-state index in [9.17, 15) is 9.18 Å². The van der Waals surface area contributed by atoms with Crippen LogP contribution < -0.4 is 10.2 Å². The minimum absolute atomic E-state index is 0.0131. The molecule has 1 aliphatic heterocycles. The molecule has 1 saturated carbocycles. The van der Waals surface area contributed by atoms with Gasteiger partial charge >= 0.3 is 6.09 Å². The highest BCUT2D eigenvalue weighted by Gasteiger charge is 2.58. The van der Waals surface area contributed by atoms with Crippen molar-refractivity contribution in [2.45, 2.75) is 45.3 Å². The number of aromatic nitrogens is 2. The fraction of sp³-hybridized carbons (Fsp3) is 0.455. The first-order chi connectivity index (χ1) is 14.6. The van der Waals surface area contributed by atoms with Gasteiger partial charge in [-0.1, -0.05) is 11.6 Å². The second kappa shape index (κ2) is 6.97. The minimum Gasteiger partial charge on any atom is -0.444 e. The molecule has 5 rings (SSSR count). The van der Waals surface area contributed by atoms with Crippen molar-refractivity contribution >= 4 is 61.2 Å². The van der Waals surface area contributed by atoms with E-state index in [4.69, 9.17) is 16.3 Å². The van der Waals surface area contributed by atoms with Crippen molar-refractivity contribution < 1.29 is 13.9 Å². The molecule has 2 N–H and O–H groups in total. The summed E-state index contributed by atoms with van der Waals surface area (Å²) in [6.07, 6.45) is 3.21. The predicted octanol–water partition coefficient (Wildman–Crippen LogP) is 5.56. The molecule has 1 spiro atoms. The van der Waals surface area contributed by atoms with Crippen LogP contribution in [0.4, 0.5) is 14.9 Å². The molecule has 2 atom stereocenters. The molecule has 2 unspecified atom stereocenters. The van der Waals surface area contributed by atoms with Crippen LogP contribution in [-0.2, 0) is 4.74 Å². The summed E-state index contributed by atoms with van der Waals surface area (Å²) in [5, 5.41) is 4.44. The Labute approximate surface area is 192 Å². The molecule has 0 bridgehead atoms. The summed E-state index contributed by atoms with van der Waals surface area (Å²) in [6.45, 7) is 7.14. The summed E-state index contributed by atoms with van der Waals surface area (Å²) in [6, 6.07) is 4.23. The van der Waals surface area contributed by atoms with Gasteiger partial charge in [-0.15, -0.1) is 0 Å². The minimum atomic E-state index is -0.526. The van der Waals surface area contributed by atoms with Gasteiger partial charge in [0.25, 0.3) is 0 Å². The molecule has 1 aromatic carbocycles. The van der Waals surface area contributed by atoms with Crippen LogP contribution >= 0.6 is 27.5 Å². The van der Waals surface area contributed by atoms with Crippen LogP contribution in [0.15, 0.2) is 16.7 Å². The third-order valence-corrected chi connectivity index (χ3v) is 7.05. The maximum absolute atomic E-state index is 14.2. The number of pyridine rings is 1. The van der Waals surface area contributed by atoms with Gasteiger partial charge in [-0.2, -0.15) is 0 Å². The van der Waals surface area contributed by atoms with Crippen molar-refractivity contribution in [3.63, 3.8) is 0 Å². The van der Waals surface area contributed by atoms with Crippen LogP contribution in [0.1, 0.15) is 33.6 Å². The van der Waals surface area contributed by atoms with Crippen LogP contribution in [0.5, 0.6) is 0 Å². The molecule has 163 valence electrons. The second-order valence-corrected chi connectivity index (χ2v) is 10.7. The van der Waals surface area contributed by atoms with Crippen LogP contribution in [0.2, 0.25) is 5.02 Å². The summed E-state index contributed by atoms with van der Waals surface area (Å²) in [5.74, 6) is -0.511. The molecule has 2 fully saturated rings. The number of alkyl carbamates (subject to hydrolysis) is 1. The number of H-pyrrole nitrogens is 1. The summed E-state index contributed by atoms with van der Waals surface area (Å²) in [7, 11) is 0. The van der Waals surface area contributed by atoms with E-state index < -0.39 is 11.4 Å². The standard InChI is InChI=1S/C22H22BrClFN4O2/c1-21(2,3)31-20(30)28-14-8-22(14)6-7-29(10-22)18-11(23)9-26-19-16(18)15-13(27-19)5-4-12(25)17(15)24/h4,9,14H,6-8,10H2,1-3H3,(H,26,27)(H,28,30). The zero-order chi connectivity index (χ0) is 22.1. The van der Waals surface area contributed by atoms with Crippen LogP contribution in [0.3, 0.4) is 0 Å². The molecule has 2 aromatic heterocycles. The number of nitrogens with zero attached hydrogens (tertiary/aromatic N) is 2. The predicted molar refractivity (Wildman–Crippen MR) is 122 cm³/mol. The van der Waals surface area contributed by atoms with E-state index in [1.54, 1.807) is 6.20 Å². The number of carbonyl (C=O) groups excluding carboxylic acids is 1. The monoisotopic (exact) mass is 507 g/mol. The van der Waals surface area contributed by atoms with E-state index in [1.165, 1.54) is 6.07 Å². The van der Waals surface area contributed by atoms with E-state index in [1.807, 2.05) is 20.8 Å². The van der Waals surface area contributed by atoms with Gasteiger partial charge in [0, 0.05) is 42.2 Å². The molecule has 6 nitrogen and oxygen atoms in total. The largest absolute Gasteiger partial charge is 0.444 e. The molecular weight excluding hydrogens is 487 g/mol. The second-order valence-electron chi connectivity index (χ2n) is 9.44. The first kappa shape index (κ1) is 20.8. The topological polar surface area (TPSA) is 70.2 Å². The number of ether oxygens (including phenoxy) is 1. The molecule has 3 heterocycles. The molecule has 2 aliphatic rings. The zero-order valence-electron chi connectivity index (χ0n) is 17.4. The Balaban J connectivity index is 1.46. The zero-order valence-corrected chi connectivity index (χ0v) is 19.7. The molecule has 9 heteroatoms. The molecule has 31 heavy (non-hydrogen) atoms. The lowest BCUT2D eigenvalue weighted by molar-refractivity contribution is 0.0517. The molecule has 1 radical (unpaired) electrons. The van der Waals surface area contributed by atoms with Crippen LogP contribution in [-0.4, -0.2) is 40.8 Å². The Bertz CT molecular complexity index is 1220. The van der Waals surface area contributed by atoms with Crippen LogP contribution in [0, 0.1) is 17.3 Å². The normalized spacial score (nSPS) is 23.2. The van der Waals surface area contributed by atoms with Crippen molar-refractivity contribution in [2.75, 3.05) is 18.0 Å². The van der Waals surface area contributed by atoms with Gasteiger partial charge in [0.05, 0.1) is 26.1 Å². The molecule has 1 aliphatic carbocycles. The Morgan fingerprint density at radius 1 is 1.48 bits per heavy atom. The fourth-order valence-corrected chi connectivity index (χ4v) is 5.41. The number of hydrogen-bond acceptors (Lipinski definition) is 4. The first-order valence-corrected chi connectivity index (χ1v) is 11.4. The third kappa shape index (κ3) is 3.53. The molecule has 1 saturated heterocycles. The number of benzene rings is 1. The smallest absolute Gasteiger partial charge is 0.407 e. The average Bonchev–Trinajstić information content (AvgIpc) is 3.00. The third-order valence-electron chi connectivity index (χ3n) is 6.10.